The lowest BCUT2D eigenvalue weighted by atomic mass is 9.99. The number of fused-ring (bicyclic) bond motifs is 1. The van der Waals surface area contributed by atoms with Crippen LogP contribution in [0.25, 0.3) is 22.3 Å². The van der Waals surface area contributed by atoms with Crippen LogP contribution in [0.4, 0.5) is 0 Å². The monoisotopic (exact) mass is 816 g/mol. The Morgan fingerprint density at radius 1 is 0.596 bits per heavy atom. The molecule has 3 fully saturated rings. The number of aromatic hydroxyl groups is 1. The van der Waals surface area contributed by atoms with E-state index in [2.05, 4.69) is 0 Å². The zero-order valence-electron chi connectivity index (χ0n) is 30.3. The van der Waals surface area contributed by atoms with Gasteiger partial charge in [-0.2, -0.15) is 0 Å². The largest absolute Gasteiger partial charge is 0.507 e. The van der Waals surface area contributed by atoms with Gasteiger partial charge >= 0.3 is 0 Å². The lowest BCUT2D eigenvalue weighted by molar-refractivity contribution is -0.277. The maximum absolute atomic E-state index is 14.3. The molecule has 12 N–H and O–H groups in total. The average Bonchev–Trinajstić information content (AvgIpc) is 3.19. The molecule has 0 unspecified atom stereocenters. The number of rotatable bonds is 11. The van der Waals surface area contributed by atoms with Gasteiger partial charge in [-0.15, -0.1) is 0 Å². The summed E-state index contributed by atoms with van der Waals surface area (Å²) in [6, 6.07) is 4.47. The van der Waals surface area contributed by atoms with Crippen LogP contribution in [-0.4, -0.2) is 181 Å². The maximum Gasteiger partial charge on any atom is 0.239 e. The van der Waals surface area contributed by atoms with Crippen LogP contribution in [0.15, 0.2) is 33.5 Å². The number of phenolic OH excluding ortho intramolecular Hbond substituents is 1. The van der Waals surface area contributed by atoms with E-state index in [1.165, 1.54) is 33.3 Å². The maximum atomic E-state index is 14.3. The number of methoxy groups -OCH3 is 2. The van der Waals surface area contributed by atoms with Crippen LogP contribution >= 0.6 is 0 Å². The van der Waals surface area contributed by atoms with Crippen molar-refractivity contribution in [1.82, 2.24) is 0 Å². The molecule has 0 aliphatic carbocycles. The Hall–Kier alpha value is -4.11. The Morgan fingerprint density at radius 2 is 1.07 bits per heavy atom. The van der Waals surface area contributed by atoms with E-state index in [-0.39, 0.29) is 28.6 Å². The first-order valence-corrected chi connectivity index (χ1v) is 17.5. The molecule has 6 rings (SSSR count). The first-order valence-electron chi connectivity index (χ1n) is 17.5. The molecule has 0 radical (unpaired) electrons. The van der Waals surface area contributed by atoms with Gasteiger partial charge in [-0.1, -0.05) is 0 Å². The van der Waals surface area contributed by atoms with Crippen LogP contribution in [-0.2, 0) is 14.2 Å². The van der Waals surface area contributed by atoms with Crippen LogP contribution in [0.1, 0.15) is 6.92 Å². The second kappa shape index (κ2) is 17.0. The molecule has 316 valence electrons. The number of phenols is 1. The van der Waals surface area contributed by atoms with Crippen LogP contribution in [0.3, 0.4) is 0 Å². The second-order valence-corrected chi connectivity index (χ2v) is 13.5. The van der Waals surface area contributed by atoms with Crippen LogP contribution < -0.4 is 29.1 Å². The van der Waals surface area contributed by atoms with E-state index in [1.807, 2.05) is 0 Å². The van der Waals surface area contributed by atoms with Gasteiger partial charge < -0.3 is 104 Å². The van der Waals surface area contributed by atoms with E-state index in [4.69, 9.17) is 42.3 Å². The lowest BCUT2D eigenvalue weighted by Gasteiger charge is -2.39. The fourth-order valence-corrected chi connectivity index (χ4v) is 6.56. The minimum atomic E-state index is -1.92. The van der Waals surface area contributed by atoms with Crippen molar-refractivity contribution < 1.29 is 104 Å². The molecule has 4 heterocycles. The topological polar surface area (TPSA) is 347 Å². The summed E-state index contributed by atoms with van der Waals surface area (Å²) in [6.45, 7) is -0.143. The zero-order chi connectivity index (χ0) is 41.6. The molecule has 3 aliphatic rings. The Labute approximate surface area is 321 Å². The van der Waals surface area contributed by atoms with Gasteiger partial charge in [-0.05, 0) is 19.1 Å². The highest BCUT2D eigenvalue weighted by atomic mass is 16.7. The molecule has 22 heteroatoms. The highest BCUT2D eigenvalue weighted by Crippen LogP contribution is 2.46. The molecule has 22 nitrogen and oxygen atoms in total. The van der Waals surface area contributed by atoms with Crippen molar-refractivity contribution in [2.75, 3.05) is 27.4 Å². The number of benzene rings is 2. The van der Waals surface area contributed by atoms with Crippen molar-refractivity contribution in [1.29, 1.82) is 0 Å². The summed E-state index contributed by atoms with van der Waals surface area (Å²) in [6.07, 6.45) is -24.9. The molecule has 0 amide bonds. The first kappa shape index (κ1) is 42.5. The summed E-state index contributed by atoms with van der Waals surface area (Å²) < 4.78 is 50.9. The van der Waals surface area contributed by atoms with Crippen molar-refractivity contribution >= 4 is 11.0 Å². The molecule has 57 heavy (non-hydrogen) atoms. The number of aliphatic hydroxyl groups excluding tert-OH is 11. The number of hydrogen-bond acceptors (Lipinski definition) is 22. The molecular weight excluding hydrogens is 772 g/mol. The Bertz CT molecular complexity index is 1910. The van der Waals surface area contributed by atoms with Gasteiger partial charge in [0.2, 0.25) is 35.8 Å². The van der Waals surface area contributed by atoms with Crippen molar-refractivity contribution in [3.8, 4) is 45.8 Å². The SMILES string of the molecule is COc1cc(-c2oc3cc(O[C@@H]4O[C@H](CO)[C@@H](O)[C@H](O)[C@H]4O)cc(O)c3c(=O)c2O[C@@H]2O[C@@H](C)[C@H](O)[C@@H](O)[C@H]2O)cc(OC)c1O[C@@H]1O[C@H](CO)[C@@H](O)[C@H](O)[C@H]1O. The van der Waals surface area contributed by atoms with Gasteiger partial charge in [0.15, 0.2) is 17.3 Å². The molecule has 3 saturated heterocycles. The fourth-order valence-electron chi connectivity index (χ4n) is 6.56. The summed E-state index contributed by atoms with van der Waals surface area (Å²) in [5.41, 5.74) is -1.56. The predicted molar refractivity (Wildman–Crippen MR) is 184 cm³/mol. The van der Waals surface area contributed by atoms with E-state index >= 15 is 0 Å². The molecule has 0 bridgehead atoms. The zero-order valence-corrected chi connectivity index (χ0v) is 30.3. The molecule has 0 saturated carbocycles. The molecule has 2 aromatic carbocycles. The third-order valence-corrected chi connectivity index (χ3v) is 9.85. The van der Waals surface area contributed by atoms with Gasteiger partial charge in [-0.3, -0.25) is 4.79 Å². The molecule has 0 spiro atoms. The third-order valence-electron chi connectivity index (χ3n) is 9.85. The molecule has 1 aromatic heterocycles. The van der Waals surface area contributed by atoms with Crippen molar-refractivity contribution in [3.63, 3.8) is 0 Å². The smallest absolute Gasteiger partial charge is 0.239 e. The standard InChI is InChI=1S/C35H44O22/c1-10-20(39)24(43)27(46)33(51-10)57-32-23(42)19-13(38)6-12(52-34-28(47)25(44)21(40)17(8-36)54-34)7-14(19)53-30(32)11-4-15(49-2)31(16(5-11)50-3)56-35-29(48)26(45)22(41)18(9-37)55-35/h4-7,10,17-18,20-22,24-29,33-41,43-48H,8-9H2,1-3H3/t10-,17+,18+,20-,21+,22+,24+,25-,26-,27+,28+,29+,33-,34+,35-/m0/s1. The van der Waals surface area contributed by atoms with Crippen LogP contribution in [0.2, 0.25) is 0 Å². The number of ether oxygens (including phenoxy) is 8. The summed E-state index contributed by atoms with van der Waals surface area (Å²) in [5, 5.41) is 123. The minimum Gasteiger partial charge on any atom is -0.507 e. The van der Waals surface area contributed by atoms with Crippen LogP contribution in [0.5, 0.6) is 34.5 Å². The van der Waals surface area contributed by atoms with E-state index in [9.17, 15) is 66.1 Å². The average molecular weight is 817 g/mol. The third kappa shape index (κ3) is 7.90. The van der Waals surface area contributed by atoms with Gasteiger partial charge in [0.05, 0.1) is 33.5 Å². The van der Waals surface area contributed by atoms with E-state index < -0.39 is 139 Å². The second-order valence-electron chi connectivity index (χ2n) is 13.5. The van der Waals surface area contributed by atoms with E-state index in [0.29, 0.717) is 0 Å². The highest BCUT2D eigenvalue weighted by molar-refractivity contribution is 5.88. The fraction of sp³-hybridized carbons (Fsp3) is 0.571. The molecule has 3 aliphatic heterocycles. The van der Waals surface area contributed by atoms with Crippen molar-refractivity contribution in [3.05, 3.63) is 34.5 Å². The van der Waals surface area contributed by atoms with Gasteiger partial charge in [0.25, 0.3) is 0 Å². The van der Waals surface area contributed by atoms with Crippen LogP contribution in [0, 0.1) is 0 Å². The van der Waals surface area contributed by atoms with Gasteiger partial charge in [0, 0.05) is 17.7 Å². The Morgan fingerprint density at radius 3 is 1.58 bits per heavy atom. The first-order chi connectivity index (χ1) is 27.0. The summed E-state index contributed by atoms with van der Waals surface area (Å²) in [5.74, 6) is -2.86. The van der Waals surface area contributed by atoms with Gasteiger partial charge in [-0.25, -0.2) is 0 Å². The van der Waals surface area contributed by atoms with E-state index in [1.54, 1.807) is 0 Å². The lowest BCUT2D eigenvalue weighted by Crippen LogP contribution is -2.60. The number of aliphatic hydroxyl groups is 11. The van der Waals surface area contributed by atoms with Gasteiger partial charge in [0.1, 0.15) is 89.6 Å². The predicted octanol–water partition coefficient (Wildman–Crippen LogP) is -4.25. The number of hydrogen-bond donors (Lipinski definition) is 12. The molecule has 15 atom stereocenters. The molecule has 3 aromatic rings. The van der Waals surface area contributed by atoms with E-state index in [0.717, 1.165) is 12.1 Å². The van der Waals surface area contributed by atoms with Crippen molar-refractivity contribution in [2.45, 2.75) is 99.0 Å². The Balaban J connectivity index is 1.47. The Kier molecular flexibility index (Phi) is 12.7. The molecular formula is C35H44O22. The quantitative estimate of drug-likeness (QED) is 0.0872. The normalized spacial score (nSPS) is 35.8. The summed E-state index contributed by atoms with van der Waals surface area (Å²) in [7, 11) is 2.40. The minimum absolute atomic E-state index is 0.0856. The highest BCUT2D eigenvalue weighted by Gasteiger charge is 2.47. The summed E-state index contributed by atoms with van der Waals surface area (Å²) >= 11 is 0. The summed E-state index contributed by atoms with van der Waals surface area (Å²) in [4.78, 5) is 14.3. The van der Waals surface area contributed by atoms with Crippen molar-refractivity contribution in [2.24, 2.45) is 0 Å².